The Kier molecular flexibility index (Phi) is 6.82. The first kappa shape index (κ1) is 11.5. The zero-order chi connectivity index (χ0) is 9.40. The normalized spacial score (nSPS) is 12.6. The van der Waals surface area contributed by atoms with Gasteiger partial charge in [-0.2, -0.15) is 0 Å². The van der Waals surface area contributed by atoms with E-state index in [0.717, 1.165) is 25.8 Å². The molecule has 0 rings (SSSR count). The summed E-state index contributed by atoms with van der Waals surface area (Å²) in [6.45, 7) is 7.31. The Morgan fingerprint density at radius 1 is 1.33 bits per heavy atom. The molecule has 0 N–H and O–H groups in total. The summed E-state index contributed by atoms with van der Waals surface area (Å²) in [6, 6.07) is 0.402. The number of unbranched alkanes of at least 4 members (excludes halogenated alkanes) is 2. The lowest BCUT2D eigenvalue weighted by atomic mass is 10.2. The number of carbonyl (C=O) groups is 1. The maximum absolute atomic E-state index is 10.6. The van der Waals surface area contributed by atoms with Crippen molar-refractivity contribution in [3.63, 3.8) is 0 Å². The third kappa shape index (κ3) is 4.37. The average molecular weight is 171 g/mol. The van der Waals surface area contributed by atoms with Crippen LogP contribution in [0.2, 0.25) is 0 Å². The lowest BCUT2D eigenvalue weighted by Crippen LogP contribution is -2.32. The van der Waals surface area contributed by atoms with E-state index >= 15 is 0 Å². The van der Waals surface area contributed by atoms with Gasteiger partial charge in [-0.3, -0.25) is 4.79 Å². The minimum absolute atomic E-state index is 0.402. The van der Waals surface area contributed by atoms with Gasteiger partial charge in [-0.25, -0.2) is 0 Å². The van der Waals surface area contributed by atoms with E-state index in [4.69, 9.17) is 0 Å². The molecule has 0 spiro atoms. The Labute approximate surface area is 75.9 Å². The molecule has 12 heavy (non-hydrogen) atoms. The molecular weight excluding hydrogens is 150 g/mol. The van der Waals surface area contributed by atoms with Crippen LogP contribution in [0.5, 0.6) is 0 Å². The zero-order valence-electron chi connectivity index (χ0n) is 8.55. The fourth-order valence-electron chi connectivity index (χ4n) is 1.16. The molecule has 1 atom stereocenters. The molecule has 0 bridgehead atoms. The Morgan fingerprint density at radius 3 is 2.42 bits per heavy atom. The predicted octanol–water partition coefficient (Wildman–Crippen LogP) is 2.43. The second-order valence-electron chi connectivity index (χ2n) is 3.31. The highest BCUT2D eigenvalue weighted by atomic mass is 16.1. The lowest BCUT2D eigenvalue weighted by molar-refractivity contribution is -0.120. The number of hydrogen-bond donors (Lipinski definition) is 0. The van der Waals surface area contributed by atoms with Crippen LogP contribution in [0.3, 0.4) is 0 Å². The van der Waals surface area contributed by atoms with Gasteiger partial charge in [0.2, 0.25) is 6.41 Å². The predicted molar refractivity (Wildman–Crippen MR) is 52.0 cm³/mol. The Morgan fingerprint density at radius 2 is 2.00 bits per heavy atom. The summed E-state index contributed by atoms with van der Waals surface area (Å²) in [5.41, 5.74) is 0. The Bertz CT molecular complexity index is 114. The quantitative estimate of drug-likeness (QED) is 0.425. The minimum Gasteiger partial charge on any atom is -0.343 e. The molecule has 2 nitrogen and oxygen atoms in total. The fourth-order valence-corrected chi connectivity index (χ4v) is 1.16. The molecule has 0 aromatic heterocycles. The van der Waals surface area contributed by atoms with Crippen molar-refractivity contribution < 1.29 is 4.79 Å². The van der Waals surface area contributed by atoms with Crippen LogP contribution in [0.4, 0.5) is 0 Å². The first-order valence-corrected chi connectivity index (χ1v) is 4.97. The highest BCUT2D eigenvalue weighted by molar-refractivity contribution is 5.47. The maximum atomic E-state index is 10.6. The molecule has 0 aromatic rings. The summed E-state index contributed by atoms with van der Waals surface area (Å²) in [5, 5.41) is 0. The van der Waals surface area contributed by atoms with Crippen LogP contribution in [0.15, 0.2) is 0 Å². The van der Waals surface area contributed by atoms with E-state index in [1.54, 1.807) is 0 Å². The third-order valence-electron chi connectivity index (χ3n) is 2.31. The van der Waals surface area contributed by atoms with E-state index in [2.05, 4.69) is 20.8 Å². The minimum atomic E-state index is 0.402. The summed E-state index contributed by atoms with van der Waals surface area (Å²) in [4.78, 5) is 12.5. The molecule has 0 heterocycles. The summed E-state index contributed by atoms with van der Waals surface area (Å²) in [6.07, 6.45) is 5.60. The molecule has 0 fully saturated rings. The molecule has 0 aliphatic rings. The van der Waals surface area contributed by atoms with Crippen LogP contribution >= 0.6 is 0 Å². The van der Waals surface area contributed by atoms with Crippen molar-refractivity contribution in [1.82, 2.24) is 4.90 Å². The van der Waals surface area contributed by atoms with E-state index in [1.165, 1.54) is 12.8 Å². The number of amides is 1. The van der Waals surface area contributed by atoms with Gasteiger partial charge in [-0.1, -0.05) is 26.7 Å². The third-order valence-corrected chi connectivity index (χ3v) is 2.31. The van der Waals surface area contributed by atoms with Gasteiger partial charge in [0.05, 0.1) is 0 Å². The monoisotopic (exact) mass is 171 g/mol. The topological polar surface area (TPSA) is 20.3 Å². The van der Waals surface area contributed by atoms with E-state index < -0.39 is 0 Å². The second-order valence-corrected chi connectivity index (χ2v) is 3.31. The van der Waals surface area contributed by atoms with Crippen LogP contribution in [0.1, 0.15) is 46.5 Å². The molecular formula is C10H21NO. The summed E-state index contributed by atoms with van der Waals surface area (Å²) >= 11 is 0. The van der Waals surface area contributed by atoms with Gasteiger partial charge in [0, 0.05) is 12.6 Å². The van der Waals surface area contributed by atoms with Crippen LogP contribution < -0.4 is 0 Å². The fraction of sp³-hybridized carbons (Fsp3) is 0.900. The highest BCUT2D eigenvalue weighted by Gasteiger charge is 2.07. The highest BCUT2D eigenvalue weighted by Crippen LogP contribution is 2.03. The van der Waals surface area contributed by atoms with Gasteiger partial charge < -0.3 is 4.90 Å². The van der Waals surface area contributed by atoms with Gasteiger partial charge in [-0.05, 0) is 19.8 Å². The van der Waals surface area contributed by atoms with E-state index in [0.29, 0.717) is 6.04 Å². The largest absolute Gasteiger partial charge is 0.343 e. The van der Waals surface area contributed by atoms with E-state index in [9.17, 15) is 4.79 Å². The molecule has 2 heteroatoms. The van der Waals surface area contributed by atoms with E-state index in [1.807, 2.05) is 4.90 Å². The van der Waals surface area contributed by atoms with Crippen molar-refractivity contribution in [2.75, 3.05) is 6.54 Å². The first-order valence-electron chi connectivity index (χ1n) is 4.97. The molecule has 1 amide bonds. The standard InChI is InChI=1S/C10H21NO/c1-4-6-7-8-11(9-12)10(3)5-2/h9-10H,4-8H2,1-3H3. The van der Waals surface area contributed by atoms with Crippen molar-refractivity contribution in [2.24, 2.45) is 0 Å². The Hall–Kier alpha value is -0.530. The first-order chi connectivity index (χ1) is 5.76. The number of hydrogen-bond acceptors (Lipinski definition) is 1. The van der Waals surface area contributed by atoms with E-state index in [-0.39, 0.29) is 0 Å². The second kappa shape index (κ2) is 7.14. The molecule has 0 saturated heterocycles. The molecule has 72 valence electrons. The molecule has 0 aliphatic carbocycles. The summed E-state index contributed by atoms with van der Waals surface area (Å²) in [7, 11) is 0. The van der Waals surface area contributed by atoms with Crippen molar-refractivity contribution in [1.29, 1.82) is 0 Å². The van der Waals surface area contributed by atoms with Gasteiger partial charge in [0.15, 0.2) is 0 Å². The number of nitrogens with zero attached hydrogens (tertiary/aromatic N) is 1. The van der Waals surface area contributed by atoms with Crippen molar-refractivity contribution in [3.05, 3.63) is 0 Å². The molecule has 0 saturated carbocycles. The van der Waals surface area contributed by atoms with Gasteiger partial charge >= 0.3 is 0 Å². The number of rotatable bonds is 7. The molecule has 0 radical (unpaired) electrons. The van der Waals surface area contributed by atoms with Gasteiger partial charge in [0.25, 0.3) is 0 Å². The molecule has 0 aromatic carbocycles. The molecule has 1 unspecified atom stereocenters. The van der Waals surface area contributed by atoms with Crippen LogP contribution in [-0.2, 0) is 4.79 Å². The van der Waals surface area contributed by atoms with Crippen LogP contribution in [-0.4, -0.2) is 23.9 Å². The SMILES string of the molecule is CCCCCN(C=O)C(C)CC. The van der Waals surface area contributed by atoms with Crippen molar-refractivity contribution in [3.8, 4) is 0 Å². The summed E-state index contributed by atoms with van der Waals surface area (Å²) in [5.74, 6) is 0. The Balaban J connectivity index is 3.59. The van der Waals surface area contributed by atoms with Crippen molar-refractivity contribution >= 4 is 6.41 Å². The molecule has 0 aliphatic heterocycles. The lowest BCUT2D eigenvalue weighted by Gasteiger charge is -2.23. The smallest absolute Gasteiger partial charge is 0.209 e. The zero-order valence-corrected chi connectivity index (χ0v) is 8.55. The van der Waals surface area contributed by atoms with Crippen LogP contribution in [0.25, 0.3) is 0 Å². The summed E-state index contributed by atoms with van der Waals surface area (Å²) < 4.78 is 0. The average Bonchev–Trinajstić information content (AvgIpc) is 2.11. The van der Waals surface area contributed by atoms with Gasteiger partial charge in [0.1, 0.15) is 0 Å². The maximum Gasteiger partial charge on any atom is 0.209 e. The number of carbonyl (C=O) groups excluding carboxylic acids is 1. The van der Waals surface area contributed by atoms with Gasteiger partial charge in [-0.15, -0.1) is 0 Å². The van der Waals surface area contributed by atoms with Crippen LogP contribution in [0, 0.1) is 0 Å². The van der Waals surface area contributed by atoms with Crippen molar-refractivity contribution in [2.45, 2.75) is 52.5 Å².